The molecule has 3 nitrogen and oxygen atoms in total. The zero-order valence-corrected chi connectivity index (χ0v) is 18.2. The molecule has 3 aromatic carbocycles. The fourth-order valence-electron chi connectivity index (χ4n) is 3.72. The third kappa shape index (κ3) is 4.07. The van der Waals surface area contributed by atoms with Crippen LogP contribution in [0.5, 0.6) is 5.75 Å². The highest BCUT2D eigenvalue weighted by atomic mass is 32.2. The van der Waals surface area contributed by atoms with Gasteiger partial charge in [0, 0.05) is 5.56 Å². The number of fused-ring (bicyclic) bond motifs is 1. The van der Waals surface area contributed by atoms with Gasteiger partial charge >= 0.3 is 0 Å². The molecule has 1 fully saturated rings. The van der Waals surface area contributed by atoms with Gasteiger partial charge in [-0.1, -0.05) is 103 Å². The molecule has 0 spiro atoms. The number of hydrogen-bond donors (Lipinski definition) is 0. The number of hydrogen-bond acceptors (Lipinski definition) is 4. The Morgan fingerprint density at radius 2 is 1.61 bits per heavy atom. The number of thioether (sulfide) groups is 1. The highest BCUT2D eigenvalue weighted by Crippen LogP contribution is 2.41. The van der Waals surface area contributed by atoms with Crippen molar-refractivity contribution >= 4 is 40.3 Å². The number of rotatable bonds is 4. The summed E-state index contributed by atoms with van der Waals surface area (Å²) in [4.78, 5) is 15.4. The Balaban J connectivity index is 1.49. The van der Waals surface area contributed by atoms with E-state index in [1.807, 2.05) is 91.0 Å². The summed E-state index contributed by atoms with van der Waals surface area (Å²) in [5.41, 5.74) is 4.03. The third-order valence-electron chi connectivity index (χ3n) is 5.25. The summed E-state index contributed by atoms with van der Waals surface area (Å²) in [5, 5.41) is 0. The van der Waals surface area contributed by atoms with Gasteiger partial charge in [0.25, 0.3) is 5.91 Å². The molecule has 1 atom stereocenters. The van der Waals surface area contributed by atoms with Crippen LogP contribution >= 0.6 is 24.0 Å². The molecule has 2 heterocycles. The minimum Gasteiger partial charge on any atom is -0.480 e. The van der Waals surface area contributed by atoms with Gasteiger partial charge in [-0.2, -0.15) is 0 Å². The van der Waals surface area contributed by atoms with E-state index < -0.39 is 0 Å². The molecule has 0 saturated carbocycles. The first-order chi connectivity index (χ1) is 15.2. The summed E-state index contributed by atoms with van der Waals surface area (Å²) in [6.45, 7) is 0.476. The van der Waals surface area contributed by atoms with Crippen LogP contribution in [0.3, 0.4) is 0 Å². The standard InChI is InChI=1S/C26H19NO2S2/c28-25-23(31-26(30)27(25)17-18-9-3-1-4-10-18)16-21-15-20-13-7-8-14-22(20)29-24(21)19-11-5-2-6-12-19/h1-16,24H,17H2/b23-16-. The molecule has 1 saturated heterocycles. The Labute approximate surface area is 191 Å². The Morgan fingerprint density at radius 1 is 0.935 bits per heavy atom. The first-order valence-electron chi connectivity index (χ1n) is 10.0. The van der Waals surface area contributed by atoms with Crippen LogP contribution in [0, 0.1) is 0 Å². The van der Waals surface area contributed by atoms with E-state index in [0.29, 0.717) is 15.8 Å². The molecule has 2 aliphatic rings. The first kappa shape index (κ1) is 19.8. The fourth-order valence-corrected chi connectivity index (χ4v) is 4.97. The van der Waals surface area contributed by atoms with E-state index in [1.165, 1.54) is 11.8 Å². The Bertz CT molecular complexity index is 1200. The van der Waals surface area contributed by atoms with Gasteiger partial charge in [-0.15, -0.1) is 0 Å². The van der Waals surface area contributed by atoms with Crippen LogP contribution in [-0.2, 0) is 11.3 Å². The second-order valence-corrected chi connectivity index (χ2v) is 9.02. The first-order valence-corrected chi connectivity index (χ1v) is 11.2. The summed E-state index contributed by atoms with van der Waals surface area (Å²) in [7, 11) is 0. The van der Waals surface area contributed by atoms with Crippen molar-refractivity contribution in [3.8, 4) is 5.75 Å². The van der Waals surface area contributed by atoms with Gasteiger partial charge in [0.15, 0.2) is 0 Å². The Hall–Kier alpha value is -3.15. The number of nitrogens with zero attached hydrogens (tertiary/aromatic N) is 1. The van der Waals surface area contributed by atoms with Crippen molar-refractivity contribution in [2.24, 2.45) is 0 Å². The van der Waals surface area contributed by atoms with Gasteiger partial charge in [-0.05, 0) is 34.9 Å². The Morgan fingerprint density at radius 3 is 2.39 bits per heavy atom. The molecule has 0 N–H and O–H groups in total. The molecule has 1 unspecified atom stereocenters. The molecule has 5 heteroatoms. The monoisotopic (exact) mass is 441 g/mol. The number of ether oxygens (including phenoxy) is 1. The number of carbonyl (C=O) groups is 1. The number of benzene rings is 3. The quantitative estimate of drug-likeness (QED) is 0.359. The van der Waals surface area contributed by atoms with E-state index in [2.05, 4.69) is 6.08 Å². The van der Waals surface area contributed by atoms with Crippen molar-refractivity contribution in [1.29, 1.82) is 0 Å². The lowest BCUT2D eigenvalue weighted by atomic mass is 9.95. The third-order valence-corrected chi connectivity index (χ3v) is 6.62. The fraction of sp³-hybridized carbons (Fsp3) is 0.0769. The molecule has 0 bridgehead atoms. The van der Waals surface area contributed by atoms with Crippen LogP contribution in [0.25, 0.3) is 6.08 Å². The van der Waals surface area contributed by atoms with Gasteiger partial charge in [0.1, 0.15) is 16.2 Å². The molecule has 0 aromatic heterocycles. The highest BCUT2D eigenvalue weighted by Gasteiger charge is 2.33. The highest BCUT2D eigenvalue weighted by molar-refractivity contribution is 8.26. The lowest BCUT2D eigenvalue weighted by molar-refractivity contribution is -0.122. The van der Waals surface area contributed by atoms with Crippen molar-refractivity contribution in [2.45, 2.75) is 12.6 Å². The zero-order chi connectivity index (χ0) is 21.2. The normalized spacial score (nSPS) is 19.2. The molecular weight excluding hydrogens is 422 g/mol. The van der Waals surface area contributed by atoms with E-state index in [0.717, 1.165) is 28.0 Å². The molecule has 3 aromatic rings. The molecule has 1 amide bonds. The predicted octanol–water partition coefficient (Wildman–Crippen LogP) is 6.15. The van der Waals surface area contributed by atoms with Crippen molar-refractivity contribution in [2.75, 3.05) is 0 Å². The maximum Gasteiger partial charge on any atom is 0.266 e. The number of carbonyl (C=O) groups excluding carboxylic acids is 1. The largest absolute Gasteiger partial charge is 0.480 e. The van der Waals surface area contributed by atoms with E-state index in [9.17, 15) is 4.79 Å². The summed E-state index contributed by atoms with van der Waals surface area (Å²) >= 11 is 6.87. The van der Waals surface area contributed by atoms with Crippen molar-refractivity contribution in [3.63, 3.8) is 0 Å². The predicted molar refractivity (Wildman–Crippen MR) is 129 cm³/mol. The van der Waals surface area contributed by atoms with Gasteiger partial charge in [-0.3, -0.25) is 9.69 Å². The SMILES string of the molecule is O=C1/C(=C/C2=Cc3ccccc3OC2c2ccccc2)SC(=S)N1Cc1ccccc1. The lowest BCUT2D eigenvalue weighted by Gasteiger charge is -2.26. The second-order valence-electron chi connectivity index (χ2n) is 7.34. The van der Waals surface area contributed by atoms with Crippen molar-refractivity contribution in [1.82, 2.24) is 4.90 Å². The van der Waals surface area contributed by atoms with Crippen LogP contribution in [0.2, 0.25) is 0 Å². The van der Waals surface area contributed by atoms with Gasteiger partial charge in [-0.25, -0.2) is 0 Å². The van der Waals surface area contributed by atoms with E-state index in [-0.39, 0.29) is 12.0 Å². The zero-order valence-electron chi connectivity index (χ0n) is 16.6. The van der Waals surface area contributed by atoms with E-state index in [1.54, 1.807) is 4.90 Å². The minimum atomic E-state index is -0.284. The number of thiocarbonyl (C=S) groups is 1. The van der Waals surface area contributed by atoms with Gasteiger partial charge in [0.2, 0.25) is 0 Å². The number of para-hydroxylation sites is 1. The smallest absolute Gasteiger partial charge is 0.266 e. The van der Waals surface area contributed by atoms with Crippen LogP contribution in [0.1, 0.15) is 22.8 Å². The van der Waals surface area contributed by atoms with Gasteiger partial charge < -0.3 is 4.74 Å². The molecule has 31 heavy (non-hydrogen) atoms. The second kappa shape index (κ2) is 8.53. The maximum atomic E-state index is 13.2. The topological polar surface area (TPSA) is 29.5 Å². The summed E-state index contributed by atoms with van der Waals surface area (Å²) in [5.74, 6) is 0.774. The molecule has 5 rings (SSSR count). The maximum absolute atomic E-state index is 13.2. The lowest BCUT2D eigenvalue weighted by Crippen LogP contribution is -2.27. The van der Waals surface area contributed by atoms with Crippen LogP contribution in [-0.4, -0.2) is 15.1 Å². The van der Waals surface area contributed by atoms with Gasteiger partial charge in [0.05, 0.1) is 11.4 Å². The van der Waals surface area contributed by atoms with Crippen LogP contribution in [0.15, 0.2) is 101 Å². The number of amides is 1. The molecule has 0 radical (unpaired) electrons. The van der Waals surface area contributed by atoms with Crippen LogP contribution in [0.4, 0.5) is 0 Å². The average Bonchev–Trinajstić information content (AvgIpc) is 3.07. The van der Waals surface area contributed by atoms with E-state index in [4.69, 9.17) is 17.0 Å². The summed E-state index contributed by atoms with van der Waals surface area (Å²) in [6.07, 6.45) is 3.74. The summed E-state index contributed by atoms with van der Waals surface area (Å²) < 4.78 is 6.92. The molecule has 2 aliphatic heterocycles. The van der Waals surface area contributed by atoms with Crippen molar-refractivity contribution in [3.05, 3.63) is 118 Å². The van der Waals surface area contributed by atoms with Crippen molar-refractivity contribution < 1.29 is 9.53 Å². The molecular formula is C26H19NO2S2. The van der Waals surface area contributed by atoms with Crippen LogP contribution < -0.4 is 4.74 Å². The average molecular weight is 442 g/mol. The Kier molecular flexibility index (Phi) is 5.45. The molecule has 0 aliphatic carbocycles. The minimum absolute atomic E-state index is 0.0644. The summed E-state index contributed by atoms with van der Waals surface area (Å²) in [6, 6.07) is 27.9. The molecule has 152 valence electrons. The van der Waals surface area contributed by atoms with E-state index >= 15 is 0 Å².